The van der Waals surface area contributed by atoms with Crippen LogP contribution in [0, 0.1) is 0 Å². The van der Waals surface area contributed by atoms with Crippen LogP contribution in [-0.2, 0) is 22.8 Å². The third-order valence-corrected chi connectivity index (χ3v) is 5.69. The van der Waals surface area contributed by atoms with E-state index in [9.17, 15) is 4.79 Å². The molecule has 0 saturated heterocycles. The molecule has 2 rings (SSSR count). The number of hydrogen-bond donors (Lipinski definition) is 3. The van der Waals surface area contributed by atoms with E-state index >= 15 is 0 Å². The van der Waals surface area contributed by atoms with Gasteiger partial charge < -0.3 is 30.3 Å². The van der Waals surface area contributed by atoms with Gasteiger partial charge in [-0.25, -0.2) is 9.78 Å². The summed E-state index contributed by atoms with van der Waals surface area (Å²) < 4.78 is 12.9. The predicted octanol–water partition coefficient (Wildman–Crippen LogP) is 2.30. The van der Waals surface area contributed by atoms with Crippen LogP contribution in [0.15, 0.2) is 23.4 Å². The van der Waals surface area contributed by atoms with E-state index in [1.165, 1.54) is 7.05 Å². The van der Waals surface area contributed by atoms with E-state index in [1.807, 2.05) is 10.6 Å². The SMILES string of the molecule is CNC(=O)OCc1cc2nc(/C(N)=N/O)ccc2n1COCC[Si](C)(C)C. The number of hydrogen-bond acceptors (Lipinski definition) is 6. The topological polar surface area (TPSA) is 124 Å². The minimum atomic E-state index is -1.18. The molecule has 9 nitrogen and oxygen atoms in total. The number of oxime groups is 1. The van der Waals surface area contributed by atoms with Gasteiger partial charge in [-0.2, -0.15) is 0 Å². The fourth-order valence-corrected chi connectivity index (χ4v) is 3.16. The molecule has 0 aliphatic rings. The van der Waals surface area contributed by atoms with Gasteiger partial charge in [-0.05, 0) is 24.2 Å². The Kier molecular flexibility index (Phi) is 6.80. The Morgan fingerprint density at radius 3 is 2.78 bits per heavy atom. The zero-order chi connectivity index (χ0) is 20.0. The molecule has 0 saturated carbocycles. The first-order valence-corrected chi connectivity index (χ1v) is 12.3. The van der Waals surface area contributed by atoms with Crippen molar-refractivity contribution in [2.45, 2.75) is 39.0 Å². The maximum Gasteiger partial charge on any atom is 0.407 e. The third kappa shape index (κ3) is 5.69. The molecule has 10 heteroatoms. The molecular formula is C17H27N5O4Si. The second kappa shape index (κ2) is 8.87. The second-order valence-corrected chi connectivity index (χ2v) is 12.9. The Hall–Kier alpha value is -2.59. The number of alkyl carbamates (subject to hydrolysis) is 1. The Labute approximate surface area is 159 Å². The fraction of sp³-hybridized carbons (Fsp3) is 0.471. The van der Waals surface area contributed by atoms with Gasteiger partial charge in [-0.1, -0.05) is 24.8 Å². The van der Waals surface area contributed by atoms with E-state index in [2.05, 4.69) is 35.1 Å². The van der Waals surface area contributed by atoms with Gasteiger partial charge >= 0.3 is 6.09 Å². The van der Waals surface area contributed by atoms with Crippen LogP contribution in [0.4, 0.5) is 4.79 Å². The lowest BCUT2D eigenvalue weighted by Gasteiger charge is -2.17. The van der Waals surface area contributed by atoms with E-state index in [1.54, 1.807) is 12.1 Å². The molecule has 4 N–H and O–H groups in total. The second-order valence-electron chi connectivity index (χ2n) is 7.32. The summed E-state index contributed by atoms with van der Waals surface area (Å²) in [5.41, 5.74) is 8.18. The van der Waals surface area contributed by atoms with Crippen molar-refractivity contribution in [3.05, 3.63) is 29.6 Å². The number of carbonyl (C=O) groups excluding carboxylic acids is 1. The highest BCUT2D eigenvalue weighted by Gasteiger charge is 2.15. The lowest BCUT2D eigenvalue weighted by molar-refractivity contribution is 0.0828. The van der Waals surface area contributed by atoms with E-state index in [0.29, 0.717) is 24.5 Å². The van der Waals surface area contributed by atoms with Crippen LogP contribution in [0.5, 0.6) is 0 Å². The predicted molar refractivity (Wildman–Crippen MR) is 106 cm³/mol. The van der Waals surface area contributed by atoms with Crippen LogP contribution in [0.2, 0.25) is 25.7 Å². The van der Waals surface area contributed by atoms with Gasteiger partial charge in [-0.15, -0.1) is 0 Å². The number of nitrogens with one attached hydrogen (secondary N) is 1. The molecule has 0 aliphatic heterocycles. The number of ether oxygens (including phenoxy) is 2. The average molecular weight is 394 g/mol. The van der Waals surface area contributed by atoms with Crippen LogP contribution < -0.4 is 11.1 Å². The van der Waals surface area contributed by atoms with Crippen molar-refractivity contribution in [2.24, 2.45) is 10.9 Å². The van der Waals surface area contributed by atoms with Crippen molar-refractivity contribution in [2.75, 3.05) is 13.7 Å². The highest BCUT2D eigenvalue weighted by molar-refractivity contribution is 6.76. The van der Waals surface area contributed by atoms with Gasteiger partial charge in [0, 0.05) is 21.7 Å². The number of amidine groups is 1. The van der Waals surface area contributed by atoms with Gasteiger partial charge in [0.25, 0.3) is 0 Å². The maximum atomic E-state index is 11.4. The number of nitrogens with zero attached hydrogens (tertiary/aromatic N) is 3. The van der Waals surface area contributed by atoms with Crippen molar-refractivity contribution < 1.29 is 19.5 Å². The Balaban J connectivity index is 2.27. The van der Waals surface area contributed by atoms with Gasteiger partial charge in [0.15, 0.2) is 5.84 Å². The zero-order valence-corrected chi connectivity index (χ0v) is 17.2. The molecule has 2 aromatic heterocycles. The van der Waals surface area contributed by atoms with Crippen molar-refractivity contribution in [1.82, 2.24) is 14.9 Å². The van der Waals surface area contributed by atoms with Crippen molar-refractivity contribution in [1.29, 1.82) is 0 Å². The molecule has 1 amide bonds. The molecule has 2 heterocycles. The average Bonchev–Trinajstić information content (AvgIpc) is 2.98. The highest BCUT2D eigenvalue weighted by atomic mass is 28.3. The standard InChI is InChI=1S/C17H27N5O4Si/c1-19-17(23)26-10-12-9-14-15(6-5-13(20-14)16(18)21-24)22(12)11-25-7-8-27(2,3)4/h5-6,9,24H,7-8,10-11H2,1-4H3,(H2,18,21)(H,19,23). The number of amides is 1. The monoisotopic (exact) mass is 393 g/mol. The third-order valence-electron chi connectivity index (χ3n) is 3.99. The first-order chi connectivity index (χ1) is 12.7. The lowest BCUT2D eigenvalue weighted by atomic mass is 10.3. The van der Waals surface area contributed by atoms with Crippen molar-refractivity contribution in [3.63, 3.8) is 0 Å². The molecular weight excluding hydrogens is 366 g/mol. The van der Waals surface area contributed by atoms with E-state index in [4.69, 9.17) is 20.4 Å². The smallest absolute Gasteiger partial charge is 0.407 e. The summed E-state index contributed by atoms with van der Waals surface area (Å²) in [6.07, 6.45) is -0.517. The minimum Gasteiger partial charge on any atom is -0.443 e. The first-order valence-electron chi connectivity index (χ1n) is 8.64. The fourth-order valence-electron chi connectivity index (χ4n) is 2.40. The summed E-state index contributed by atoms with van der Waals surface area (Å²) in [6.45, 7) is 7.95. The highest BCUT2D eigenvalue weighted by Crippen LogP contribution is 2.20. The molecule has 0 fully saturated rings. The summed E-state index contributed by atoms with van der Waals surface area (Å²) >= 11 is 0. The van der Waals surface area contributed by atoms with E-state index < -0.39 is 14.2 Å². The van der Waals surface area contributed by atoms with E-state index in [0.717, 1.165) is 17.3 Å². The summed E-state index contributed by atoms with van der Waals surface area (Å²) in [4.78, 5) is 15.8. The van der Waals surface area contributed by atoms with Crippen LogP contribution in [0.3, 0.4) is 0 Å². The molecule has 2 aromatic rings. The van der Waals surface area contributed by atoms with Gasteiger partial charge in [-0.3, -0.25) is 0 Å². The Bertz CT molecular complexity index is 829. The lowest BCUT2D eigenvalue weighted by Crippen LogP contribution is -2.22. The van der Waals surface area contributed by atoms with Crippen LogP contribution in [-0.4, -0.2) is 48.4 Å². The molecule has 27 heavy (non-hydrogen) atoms. The number of rotatable bonds is 8. The van der Waals surface area contributed by atoms with Crippen molar-refractivity contribution >= 4 is 31.0 Å². The largest absolute Gasteiger partial charge is 0.443 e. The molecule has 0 atom stereocenters. The van der Waals surface area contributed by atoms with Gasteiger partial charge in [0.05, 0.1) is 16.7 Å². The molecule has 0 spiro atoms. The van der Waals surface area contributed by atoms with Gasteiger partial charge in [0.2, 0.25) is 0 Å². The van der Waals surface area contributed by atoms with E-state index in [-0.39, 0.29) is 12.4 Å². The first kappa shape index (κ1) is 20.7. The van der Waals surface area contributed by atoms with Gasteiger partial charge in [0.1, 0.15) is 19.0 Å². The molecule has 148 valence electrons. The Morgan fingerprint density at radius 1 is 1.41 bits per heavy atom. The number of fused-ring (bicyclic) bond motifs is 1. The number of carbonyl (C=O) groups is 1. The Morgan fingerprint density at radius 2 is 2.15 bits per heavy atom. The summed E-state index contributed by atoms with van der Waals surface area (Å²) in [5.74, 6) is -0.0702. The maximum absolute atomic E-state index is 11.4. The number of nitrogens with two attached hydrogens (primary N) is 1. The normalized spacial score (nSPS) is 12.4. The molecule has 0 unspecified atom stereocenters. The molecule has 0 aliphatic carbocycles. The summed E-state index contributed by atoms with van der Waals surface area (Å²) in [5, 5.41) is 14.2. The van der Waals surface area contributed by atoms with Crippen LogP contribution in [0.1, 0.15) is 11.4 Å². The summed E-state index contributed by atoms with van der Waals surface area (Å²) in [7, 11) is 0.321. The number of aromatic nitrogens is 2. The van der Waals surface area contributed by atoms with Crippen LogP contribution in [0.25, 0.3) is 11.0 Å². The zero-order valence-electron chi connectivity index (χ0n) is 16.2. The summed E-state index contributed by atoms with van der Waals surface area (Å²) in [6, 6.07) is 6.34. The molecule has 0 aromatic carbocycles. The van der Waals surface area contributed by atoms with Crippen molar-refractivity contribution in [3.8, 4) is 0 Å². The molecule has 0 bridgehead atoms. The number of pyridine rings is 1. The van der Waals surface area contributed by atoms with Crippen LogP contribution >= 0.6 is 0 Å². The quantitative estimate of drug-likeness (QED) is 0.158. The molecule has 0 radical (unpaired) electrons. The minimum absolute atomic E-state index is 0.0702.